The van der Waals surface area contributed by atoms with Gasteiger partial charge in [0, 0.05) is 41.3 Å². The van der Waals surface area contributed by atoms with Crippen molar-refractivity contribution < 1.29 is 4.79 Å². The maximum atomic E-state index is 11.9. The third-order valence-electron chi connectivity index (χ3n) is 4.98. The molecule has 0 saturated carbocycles. The van der Waals surface area contributed by atoms with Crippen molar-refractivity contribution in [1.29, 1.82) is 0 Å². The molecule has 0 saturated heterocycles. The predicted molar refractivity (Wildman–Crippen MR) is 102 cm³/mol. The zero-order chi connectivity index (χ0) is 18.1. The first-order valence-electron chi connectivity index (χ1n) is 8.85. The molecule has 0 fully saturated rings. The van der Waals surface area contributed by atoms with E-state index in [1.54, 1.807) is 24.8 Å². The summed E-state index contributed by atoms with van der Waals surface area (Å²) in [5.74, 6) is -0.125. The number of carbonyl (C=O) groups excluding carboxylic acids is 1. The summed E-state index contributed by atoms with van der Waals surface area (Å²) in [4.78, 5) is 23.8. The molecule has 1 aliphatic carbocycles. The van der Waals surface area contributed by atoms with Crippen molar-refractivity contribution in [2.24, 2.45) is 5.41 Å². The van der Waals surface area contributed by atoms with Crippen molar-refractivity contribution in [2.45, 2.75) is 32.6 Å². The summed E-state index contributed by atoms with van der Waals surface area (Å²) in [7, 11) is 0. The van der Waals surface area contributed by atoms with E-state index in [9.17, 15) is 4.79 Å². The second kappa shape index (κ2) is 6.41. The highest BCUT2D eigenvalue weighted by molar-refractivity contribution is 5.86. The standard InChI is InChI=1S/C21H22N4O/c1-21(2)10-15(13-26)18-17(11-21)25-19(14-5-8-22-9-6-14)20(18)24-16-4-3-7-23-12-16/h3-9,12-13,15,24-25H,10-11H2,1-2H3. The van der Waals surface area contributed by atoms with Gasteiger partial charge < -0.3 is 15.1 Å². The average Bonchev–Trinajstić information content (AvgIpc) is 2.99. The van der Waals surface area contributed by atoms with Crippen LogP contribution in [0.4, 0.5) is 11.4 Å². The summed E-state index contributed by atoms with van der Waals surface area (Å²) in [6, 6.07) is 7.83. The number of anilines is 2. The Morgan fingerprint density at radius 3 is 2.69 bits per heavy atom. The molecular weight excluding hydrogens is 324 g/mol. The minimum atomic E-state index is -0.125. The number of aromatic nitrogens is 3. The minimum Gasteiger partial charge on any atom is -0.356 e. The van der Waals surface area contributed by atoms with Crippen molar-refractivity contribution in [3.05, 3.63) is 60.3 Å². The number of hydrogen-bond donors (Lipinski definition) is 2. The fourth-order valence-corrected chi connectivity index (χ4v) is 3.93. The highest BCUT2D eigenvalue weighted by atomic mass is 16.1. The number of pyridine rings is 2. The van der Waals surface area contributed by atoms with E-state index in [-0.39, 0.29) is 11.3 Å². The summed E-state index contributed by atoms with van der Waals surface area (Å²) in [6.07, 6.45) is 9.95. The van der Waals surface area contributed by atoms with Crippen LogP contribution in [-0.2, 0) is 11.2 Å². The van der Waals surface area contributed by atoms with Gasteiger partial charge in [0.25, 0.3) is 0 Å². The smallest absolute Gasteiger partial charge is 0.127 e. The molecule has 5 heteroatoms. The highest BCUT2D eigenvalue weighted by Crippen LogP contribution is 2.47. The van der Waals surface area contributed by atoms with E-state index in [2.05, 4.69) is 34.1 Å². The van der Waals surface area contributed by atoms with Gasteiger partial charge in [-0.3, -0.25) is 9.97 Å². The molecule has 0 spiro atoms. The third-order valence-corrected chi connectivity index (χ3v) is 4.98. The SMILES string of the molecule is CC1(C)Cc2[nH]c(-c3ccncc3)c(Nc3cccnc3)c2C(C=O)C1. The maximum Gasteiger partial charge on any atom is 0.127 e. The lowest BCUT2D eigenvalue weighted by Crippen LogP contribution is -2.26. The van der Waals surface area contributed by atoms with Crippen LogP contribution in [0.2, 0.25) is 0 Å². The first kappa shape index (κ1) is 16.5. The van der Waals surface area contributed by atoms with Gasteiger partial charge in [0.05, 0.1) is 23.3 Å². The molecule has 5 nitrogen and oxygen atoms in total. The van der Waals surface area contributed by atoms with E-state index in [1.807, 2.05) is 24.3 Å². The molecule has 3 aromatic heterocycles. The van der Waals surface area contributed by atoms with Gasteiger partial charge in [-0.05, 0) is 42.5 Å². The fraction of sp³-hybridized carbons (Fsp3) is 0.286. The Morgan fingerprint density at radius 2 is 2.00 bits per heavy atom. The normalized spacial score (nSPS) is 18.2. The quantitative estimate of drug-likeness (QED) is 0.684. The van der Waals surface area contributed by atoms with Crippen molar-refractivity contribution in [3.8, 4) is 11.3 Å². The monoisotopic (exact) mass is 346 g/mol. The van der Waals surface area contributed by atoms with Crippen LogP contribution in [0, 0.1) is 5.41 Å². The molecule has 3 heterocycles. The lowest BCUT2D eigenvalue weighted by Gasteiger charge is -2.33. The maximum absolute atomic E-state index is 11.9. The Labute approximate surface area is 152 Å². The molecule has 1 unspecified atom stereocenters. The zero-order valence-corrected chi connectivity index (χ0v) is 15.0. The lowest BCUT2D eigenvalue weighted by atomic mass is 9.71. The minimum absolute atomic E-state index is 0.0878. The predicted octanol–water partition coefficient (Wildman–Crippen LogP) is 4.47. The molecule has 3 aromatic rings. The zero-order valence-electron chi connectivity index (χ0n) is 15.0. The summed E-state index contributed by atoms with van der Waals surface area (Å²) in [5, 5.41) is 3.50. The number of H-pyrrole nitrogens is 1. The Kier molecular flexibility index (Phi) is 4.07. The summed E-state index contributed by atoms with van der Waals surface area (Å²) in [6.45, 7) is 4.43. The Morgan fingerprint density at radius 1 is 1.19 bits per heavy atom. The van der Waals surface area contributed by atoms with Crippen molar-refractivity contribution >= 4 is 17.7 Å². The molecular formula is C21H22N4O. The molecule has 132 valence electrons. The van der Waals surface area contributed by atoms with Crippen LogP contribution in [0.5, 0.6) is 0 Å². The summed E-state index contributed by atoms with van der Waals surface area (Å²) >= 11 is 0. The van der Waals surface area contributed by atoms with E-state index in [0.717, 1.165) is 53.0 Å². The van der Waals surface area contributed by atoms with Crippen LogP contribution in [0.1, 0.15) is 37.4 Å². The van der Waals surface area contributed by atoms with Crippen LogP contribution < -0.4 is 5.32 Å². The number of nitrogens with zero attached hydrogens (tertiary/aromatic N) is 2. The molecule has 4 rings (SSSR count). The second-order valence-electron chi connectivity index (χ2n) is 7.66. The number of aldehydes is 1. The number of nitrogens with one attached hydrogen (secondary N) is 2. The first-order valence-corrected chi connectivity index (χ1v) is 8.85. The van der Waals surface area contributed by atoms with E-state index in [0.29, 0.717) is 0 Å². The molecule has 0 bridgehead atoms. The van der Waals surface area contributed by atoms with E-state index >= 15 is 0 Å². The molecule has 26 heavy (non-hydrogen) atoms. The van der Waals surface area contributed by atoms with Crippen LogP contribution in [-0.4, -0.2) is 21.2 Å². The van der Waals surface area contributed by atoms with Gasteiger partial charge in [0.2, 0.25) is 0 Å². The van der Waals surface area contributed by atoms with Crippen LogP contribution >= 0.6 is 0 Å². The summed E-state index contributed by atoms with van der Waals surface area (Å²) < 4.78 is 0. The number of carbonyl (C=O) groups is 1. The van der Waals surface area contributed by atoms with Gasteiger partial charge in [-0.2, -0.15) is 0 Å². The van der Waals surface area contributed by atoms with Crippen LogP contribution in [0.25, 0.3) is 11.3 Å². The Balaban J connectivity index is 1.89. The van der Waals surface area contributed by atoms with Crippen molar-refractivity contribution in [3.63, 3.8) is 0 Å². The number of aromatic amines is 1. The second-order valence-corrected chi connectivity index (χ2v) is 7.66. The molecule has 0 aliphatic heterocycles. The van der Waals surface area contributed by atoms with Crippen LogP contribution in [0.3, 0.4) is 0 Å². The number of rotatable bonds is 4. The molecule has 1 aliphatic rings. The first-order chi connectivity index (χ1) is 12.6. The van der Waals surface area contributed by atoms with Gasteiger partial charge in [-0.15, -0.1) is 0 Å². The highest BCUT2D eigenvalue weighted by Gasteiger charge is 2.36. The number of hydrogen-bond acceptors (Lipinski definition) is 4. The lowest BCUT2D eigenvalue weighted by molar-refractivity contribution is -0.109. The molecule has 1 atom stereocenters. The van der Waals surface area contributed by atoms with E-state index < -0.39 is 0 Å². The third kappa shape index (κ3) is 3.01. The molecule has 2 N–H and O–H groups in total. The van der Waals surface area contributed by atoms with Gasteiger partial charge in [-0.25, -0.2) is 0 Å². The Hall–Kier alpha value is -2.95. The summed E-state index contributed by atoms with van der Waals surface area (Å²) in [5.41, 5.74) is 6.20. The van der Waals surface area contributed by atoms with Crippen molar-refractivity contribution in [2.75, 3.05) is 5.32 Å². The largest absolute Gasteiger partial charge is 0.356 e. The van der Waals surface area contributed by atoms with E-state index in [4.69, 9.17) is 0 Å². The van der Waals surface area contributed by atoms with Crippen molar-refractivity contribution in [1.82, 2.24) is 15.0 Å². The van der Waals surface area contributed by atoms with Crippen LogP contribution in [0.15, 0.2) is 49.1 Å². The fourth-order valence-electron chi connectivity index (χ4n) is 3.93. The Bertz CT molecular complexity index is 916. The van der Waals surface area contributed by atoms with Gasteiger partial charge in [-0.1, -0.05) is 13.8 Å². The van der Waals surface area contributed by atoms with E-state index in [1.165, 1.54) is 0 Å². The van der Waals surface area contributed by atoms with Gasteiger partial charge in [0.1, 0.15) is 6.29 Å². The topological polar surface area (TPSA) is 70.7 Å². The average molecular weight is 346 g/mol. The molecule has 0 aromatic carbocycles. The molecule has 0 radical (unpaired) electrons. The van der Waals surface area contributed by atoms with Gasteiger partial charge >= 0.3 is 0 Å². The van der Waals surface area contributed by atoms with Gasteiger partial charge in [0.15, 0.2) is 0 Å². The number of fused-ring (bicyclic) bond motifs is 1. The molecule has 0 amide bonds.